The first-order valence-corrected chi connectivity index (χ1v) is 9.32. The van der Waals surface area contributed by atoms with Crippen LogP contribution in [0.25, 0.3) is 11.3 Å². The SMILES string of the molecule is CN(CC(C)(C)CN1CCOCC1)C(=O)c1cn[nH]c1-c1c(F)cccc1F. The number of nitrogens with one attached hydrogen (secondary N) is 1. The minimum absolute atomic E-state index is 0.0541. The molecule has 1 aromatic heterocycles. The van der Waals surface area contributed by atoms with Gasteiger partial charge in [-0.05, 0) is 17.5 Å². The van der Waals surface area contributed by atoms with E-state index < -0.39 is 11.6 Å². The summed E-state index contributed by atoms with van der Waals surface area (Å²) >= 11 is 0. The summed E-state index contributed by atoms with van der Waals surface area (Å²) in [5.74, 6) is -1.82. The van der Waals surface area contributed by atoms with Crippen LogP contribution in [0, 0.1) is 17.0 Å². The van der Waals surface area contributed by atoms with Gasteiger partial charge in [-0.3, -0.25) is 14.8 Å². The third-order valence-corrected chi connectivity index (χ3v) is 4.85. The number of hydrogen-bond acceptors (Lipinski definition) is 4. The second-order valence-corrected chi connectivity index (χ2v) is 7.97. The maximum Gasteiger partial charge on any atom is 0.257 e. The van der Waals surface area contributed by atoms with Crippen molar-refractivity contribution in [3.63, 3.8) is 0 Å². The number of ether oxygens (including phenoxy) is 1. The first-order chi connectivity index (χ1) is 13.3. The van der Waals surface area contributed by atoms with Crippen LogP contribution in [0.3, 0.4) is 0 Å². The first kappa shape index (κ1) is 20.4. The van der Waals surface area contributed by atoms with E-state index >= 15 is 0 Å². The minimum Gasteiger partial charge on any atom is -0.379 e. The number of halogens is 2. The molecule has 28 heavy (non-hydrogen) atoms. The molecule has 1 N–H and O–H groups in total. The van der Waals surface area contributed by atoms with Crippen LogP contribution in [0.2, 0.25) is 0 Å². The Labute approximate surface area is 163 Å². The van der Waals surface area contributed by atoms with Crippen molar-refractivity contribution < 1.29 is 18.3 Å². The average molecular weight is 392 g/mol. The van der Waals surface area contributed by atoms with Crippen molar-refractivity contribution in [2.45, 2.75) is 13.8 Å². The Kier molecular flexibility index (Phi) is 6.10. The molecule has 6 nitrogen and oxygen atoms in total. The van der Waals surface area contributed by atoms with E-state index in [-0.39, 0.29) is 28.1 Å². The standard InChI is InChI=1S/C20H26F2N4O2/c1-20(2,13-26-7-9-28-10-8-26)12-25(3)19(27)14-11-23-24-18(14)17-15(21)5-4-6-16(17)22/h4-6,11H,7-10,12-13H2,1-3H3,(H,23,24). The molecule has 0 atom stereocenters. The van der Waals surface area contributed by atoms with Gasteiger partial charge in [0.1, 0.15) is 11.6 Å². The fourth-order valence-corrected chi connectivity index (χ4v) is 3.71. The zero-order valence-corrected chi connectivity index (χ0v) is 16.5. The van der Waals surface area contributed by atoms with Gasteiger partial charge in [0.15, 0.2) is 0 Å². The monoisotopic (exact) mass is 392 g/mol. The van der Waals surface area contributed by atoms with Gasteiger partial charge in [0.2, 0.25) is 0 Å². The van der Waals surface area contributed by atoms with Gasteiger partial charge < -0.3 is 9.64 Å². The molecule has 152 valence electrons. The van der Waals surface area contributed by atoms with Gasteiger partial charge in [-0.15, -0.1) is 0 Å². The average Bonchev–Trinajstić information content (AvgIpc) is 3.10. The lowest BCUT2D eigenvalue weighted by molar-refractivity contribution is 0.0163. The van der Waals surface area contributed by atoms with E-state index in [2.05, 4.69) is 28.9 Å². The van der Waals surface area contributed by atoms with Crippen molar-refractivity contribution in [3.8, 4) is 11.3 Å². The number of H-pyrrole nitrogens is 1. The topological polar surface area (TPSA) is 61.5 Å². The van der Waals surface area contributed by atoms with E-state index in [0.717, 1.165) is 45.0 Å². The van der Waals surface area contributed by atoms with Gasteiger partial charge in [0.05, 0.1) is 36.2 Å². The van der Waals surface area contributed by atoms with Crippen LogP contribution >= 0.6 is 0 Å². The molecule has 0 aliphatic carbocycles. The molecule has 0 unspecified atom stereocenters. The van der Waals surface area contributed by atoms with Gasteiger partial charge in [0, 0.05) is 33.2 Å². The second-order valence-electron chi connectivity index (χ2n) is 7.97. The van der Waals surface area contributed by atoms with Gasteiger partial charge in [-0.1, -0.05) is 19.9 Å². The molecule has 0 saturated carbocycles. The zero-order chi connectivity index (χ0) is 20.3. The quantitative estimate of drug-likeness (QED) is 0.821. The van der Waals surface area contributed by atoms with E-state index in [1.165, 1.54) is 12.3 Å². The molecule has 1 aliphatic rings. The van der Waals surface area contributed by atoms with E-state index in [9.17, 15) is 13.6 Å². The van der Waals surface area contributed by atoms with Crippen LogP contribution in [0.5, 0.6) is 0 Å². The van der Waals surface area contributed by atoms with E-state index in [0.29, 0.717) is 6.54 Å². The van der Waals surface area contributed by atoms with Crippen LogP contribution in [-0.4, -0.2) is 72.3 Å². The maximum atomic E-state index is 14.2. The van der Waals surface area contributed by atoms with Crippen LogP contribution in [0.15, 0.2) is 24.4 Å². The van der Waals surface area contributed by atoms with Crippen molar-refractivity contribution in [3.05, 3.63) is 41.6 Å². The normalized spacial score (nSPS) is 15.6. The highest BCUT2D eigenvalue weighted by atomic mass is 19.1. The fourth-order valence-electron chi connectivity index (χ4n) is 3.71. The van der Waals surface area contributed by atoms with Gasteiger partial charge in [0.25, 0.3) is 5.91 Å². The highest BCUT2D eigenvalue weighted by molar-refractivity contribution is 5.99. The lowest BCUT2D eigenvalue weighted by Crippen LogP contribution is -2.46. The third-order valence-electron chi connectivity index (χ3n) is 4.85. The molecule has 2 aromatic rings. The van der Waals surface area contributed by atoms with E-state index in [4.69, 9.17) is 4.74 Å². The number of benzene rings is 1. The lowest BCUT2D eigenvalue weighted by atomic mass is 9.91. The summed E-state index contributed by atoms with van der Waals surface area (Å²) in [7, 11) is 1.69. The summed E-state index contributed by atoms with van der Waals surface area (Å²) in [6, 6.07) is 3.59. The largest absolute Gasteiger partial charge is 0.379 e. The number of hydrogen-bond donors (Lipinski definition) is 1. The number of nitrogens with zero attached hydrogens (tertiary/aromatic N) is 3. The number of amides is 1. The van der Waals surface area contributed by atoms with Crippen LogP contribution in [0.1, 0.15) is 24.2 Å². The zero-order valence-electron chi connectivity index (χ0n) is 16.5. The number of aromatic amines is 1. The highest BCUT2D eigenvalue weighted by Gasteiger charge is 2.29. The summed E-state index contributed by atoms with van der Waals surface area (Å²) in [5.41, 5.74) is -0.231. The molecule has 0 bridgehead atoms. The van der Waals surface area contributed by atoms with Gasteiger partial charge in [-0.25, -0.2) is 8.78 Å². The molecule has 0 radical (unpaired) electrons. The lowest BCUT2D eigenvalue weighted by Gasteiger charge is -2.37. The molecular weight excluding hydrogens is 366 g/mol. The Morgan fingerprint density at radius 3 is 2.57 bits per heavy atom. The Morgan fingerprint density at radius 2 is 1.93 bits per heavy atom. The molecule has 2 heterocycles. The fraction of sp³-hybridized carbons (Fsp3) is 0.500. The molecule has 1 fully saturated rings. The molecule has 1 saturated heterocycles. The number of carbonyl (C=O) groups is 1. The van der Waals surface area contributed by atoms with Crippen LogP contribution in [-0.2, 0) is 4.74 Å². The highest BCUT2D eigenvalue weighted by Crippen LogP contribution is 2.28. The predicted molar refractivity (Wildman–Crippen MR) is 102 cm³/mol. The smallest absolute Gasteiger partial charge is 0.257 e. The third kappa shape index (κ3) is 4.56. The molecular formula is C20H26F2N4O2. The maximum absolute atomic E-state index is 14.2. The molecule has 0 spiro atoms. The summed E-state index contributed by atoms with van der Waals surface area (Å²) in [6.45, 7) is 8.70. The molecule has 8 heteroatoms. The Morgan fingerprint density at radius 1 is 1.29 bits per heavy atom. The molecule has 1 amide bonds. The Hall–Kier alpha value is -2.32. The van der Waals surface area contributed by atoms with Crippen molar-refractivity contribution in [2.75, 3.05) is 46.4 Å². The number of aromatic nitrogens is 2. The van der Waals surface area contributed by atoms with Crippen LogP contribution < -0.4 is 0 Å². The summed E-state index contributed by atoms with van der Waals surface area (Å²) in [5, 5.41) is 6.41. The number of carbonyl (C=O) groups excluding carboxylic acids is 1. The van der Waals surface area contributed by atoms with Gasteiger partial charge in [-0.2, -0.15) is 5.10 Å². The summed E-state index contributed by atoms with van der Waals surface area (Å²) < 4.78 is 33.7. The Bertz CT molecular complexity index is 811. The minimum atomic E-state index is -0.742. The van der Waals surface area contributed by atoms with E-state index in [1.54, 1.807) is 11.9 Å². The predicted octanol–water partition coefficient (Wildman–Crippen LogP) is 2.79. The van der Waals surface area contributed by atoms with Crippen molar-refractivity contribution in [1.29, 1.82) is 0 Å². The van der Waals surface area contributed by atoms with Crippen molar-refractivity contribution in [2.24, 2.45) is 5.41 Å². The number of morpholine rings is 1. The molecule has 1 aromatic carbocycles. The summed E-state index contributed by atoms with van der Waals surface area (Å²) in [4.78, 5) is 16.9. The van der Waals surface area contributed by atoms with E-state index in [1.807, 2.05) is 0 Å². The van der Waals surface area contributed by atoms with Crippen molar-refractivity contribution in [1.82, 2.24) is 20.0 Å². The summed E-state index contributed by atoms with van der Waals surface area (Å²) in [6.07, 6.45) is 1.31. The molecule has 3 rings (SSSR count). The number of rotatable bonds is 6. The van der Waals surface area contributed by atoms with Crippen LogP contribution in [0.4, 0.5) is 8.78 Å². The first-order valence-electron chi connectivity index (χ1n) is 9.32. The molecule has 1 aliphatic heterocycles. The van der Waals surface area contributed by atoms with Gasteiger partial charge >= 0.3 is 0 Å². The Balaban J connectivity index is 1.75. The van der Waals surface area contributed by atoms with Crippen molar-refractivity contribution >= 4 is 5.91 Å². The second kappa shape index (κ2) is 8.36.